The SMILES string of the molecule is Cc1ccc(NC(=O)C(C)Oc2ccc(C(=O)c3ccc(F)cc3)cc2)cc1F. The summed E-state index contributed by atoms with van der Waals surface area (Å²) in [7, 11) is 0. The number of carbonyl (C=O) groups is 2. The van der Waals surface area contributed by atoms with Crippen LogP contribution in [0.15, 0.2) is 66.7 Å². The number of halogens is 2. The first kappa shape index (κ1) is 20.2. The zero-order chi connectivity index (χ0) is 21.0. The summed E-state index contributed by atoms with van der Waals surface area (Å²) in [6, 6.07) is 16.0. The Morgan fingerprint density at radius 3 is 2.07 bits per heavy atom. The fourth-order valence-corrected chi connectivity index (χ4v) is 2.62. The first-order chi connectivity index (χ1) is 13.8. The molecule has 4 nitrogen and oxygen atoms in total. The van der Waals surface area contributed by atoms with Crippen molar-refractivity contribution in [3.63, 3.8) is 0 Å². The van der Waals surface area contributed by atoms with Crippen molar-refractivity contribution >= 4 is 17.4 Å². The van der Waals surface area contributed by atoms with Crippen molar-refractivity contribution in [1.82, 2.24) is 0 Å². The Morgan fingerprint density at radius 1 is 0.897 bits per heavy atom. The highest BCUT2D eigenvalue weighted by Crippen LogP contribution is 2.18. The van der Waals surface area contributed by atoms with Crippen molar-refractivity contribution in [3.8, 4) is 5.75 Å². The molecular formula is C23H19F2NO3. The van der Waals surface area contributed by atoms with E-state index in [1.54, 1.807) is 50.2 Å². The summed E-state index contributed by atoms with van der Waals surface area (Å²) in [6.45, 7) is 3.20. The van der Waals surface area contributed by atoms with Gasteiger partial charge in [-0.3, -0.25) is 9.59 Å². The predicted octanol–water partition coefficient (Wildman–Crippen LogP) is 4.91. The van der Waals surface area contributed by atoms with Gasteiger partial charge in [-0.15, -0.1) is 0 Å². The standard InChI is InChI=1S/C23H19F2NO3/c1-14-3-10-19(13-21(14)25)26-23(28)15(2)29-20-11-6-17(7-12-20)22(27)16-4-8-18(24)9-5-16/h3-13,15H,1-2H3,(H,26,28). The Labute approximate surface area is 167 Å². The highest BCUT2D eigenvalue weighted by molar-refractivity contribution is 6.09. The zero-order valence-electron chi connectivity index (χ0n) is 15.9. The highest BCUT2D eigenvalue weighted by Gasteiger charge is 2.16. The van der Waals surface area contributed by atoms with E-state index < -0.39 is 23.6 Å². The molecule has 0 aliphatic heterocycles. The van der Waals surface area contributed by atoms with E-state index in [1.807, 2.05) is 0 Å². The Bertz CT molecular complexity index is 1030. The lowest BCUT2D eigenvalue weighted by Crippen LogP contribution is -2.30. The molecule has 0 aromatic heterocycles. The van der Waals surface area contributed by atoms with Crippen LogP contribution in [0, 0.1) is 18.6 Å². The summed E-state index contributed by atoms with van der Waals surface area (Å²) in [6.07, 6.45) is -0.835. The summed E-state index contributed by atoms with van der Waals surface area (Å²) in [5.41, 5.74) is 1.62. The number of carbonyl (C=O) groups excluding carboxylic acids is 2. The molecule has 1 unspecified atom stereocenters. The molecule has 0 aliphatic rings. The van der Waals surface area contributed by atoms with Gasteiger partial charge in [0, 0.05) is 16.8 Å². The highest BCUT2D eigenvalue weighted by atomic mass is 19.1. The number of amides is 1. The number of benzene rings is 3. The molecule has 0 bridgehead atoms. The minimum absolute atomic E-state index is 0.247. The average molecular weight is 395 g/mol. The van der Waals surface area contributed by atoms with E-state index in [2.05, 4.69) is 5.32 Å². The van der Waals surface area contributed by atoms with Crippen LogP contribution in [0.25, 0.3) is 0 Å². The number of anilines is 1. The molecule has 1 atom stereocenters. The van der Waals surface area contributed by atoms with Crippen molar-refractivity contribution in [1.29, 1.82) is 0 Å². The molecular weight excluding hydrogens is 376 g/mol. The van der Waals surface area contributed by atoms with Crippen LogP contribution in [-0.4, -0.2) is 17.8 Å². The van der Waals surface area contributed by atoms with Gasteiger partial charge in [-0.1, -0.05) is 6.07 Å². The predicted molar refractivity (Wildman–Crippen MR) is 106 cm³/mol. The lowest BCUT2D eigenvalue weighted by molar-refractivity contribution is -0.122. The molecule has 1 N–H and O–H groups in total. The van der Waals surface area contributed by atoms with Gasteiger partial charge in [0.05, 0.1) is 0 Å². The van der Waals surface area contributed by atoms with Gasteiger partial charge in [0.1, 0.15) is 17.4 Å². The summed E-state index contributed by atoms with van der Waals surface area (Å²) < 4.78 is 32.2. The van der Waals surface area contributed by atoms with Gasteiger partial charge < -0.3 is 10.1 Å². The fraction of sp³-hybridized carbons (Fsp3) is 0.130. The van der Waals surface area contributed by atoms with Gasteiger partial charge >= 0.3 is 0 Å². The normalized spacial score (nSPS) is 11.6. The number of aryl methyl sites for hydroxylation is 1. The van der Waals surface area contributed by atoms with Crippen LogP contribution in [0.2, 0.25) is 0 Å². The second-order valence-electron chi connectivity index (χ2n) is 6.57. The van der Waals surface area contributed by atoms with Gasteiger partial charge in [-0.25, -0.2) is 8.78 Å². The van der Waals surface area contributed by atoms with Crippen molar-refractivity contribution in [2.24, 2.45) is 0 Å². The van der Waals surface area contributed by atoms with Crippen molar-refractivity contribution in [3.05, 3.63) is 95.1 Å². The van der Waals surface area contributed by atoms with Crippen LogP contribution in [0.4, 0.5) is 14.5 Å². The number of nitrogens with one attached hydrogen (secondary N) is 1. The molecule has 3 aromatic carbocycles. The van der Waals surface area contributed by atoms with Crippen molar-refractivity contribution in [2.45, 2.75) is 20.0 Å². The maximum Gasteiger partial charge on any atom is 0.265 e. The fourth-order valence-electron chi connectivity index (χ4n) is 2.62. The van der Waals surface area contributed by atoms with E-state index in [0.717, 1.165) is 0 Å². The third-order valence-electron chi connectivity index (χ3n) is 4.34. The van der Waals surface area contributed by atoms with E-state index in [-0.39, 0.29) is 5.78 Å². The molecule has 29 heavy (non-hydrogen) atoms. The van der Waals surface area contributed by atoms with E-state index in [0.29, 0.717) is 28.1 Å². The average Bonchev–Trinajstić information content (AvgIpc) is 2.71. The molecule has 0 saturated heterocycles. The van der Waals surface area contributed by atoms with Gasteiger partial charge in [-0.05, 0) is 80.1 Å². The second-order valence-corrected chi connectivity index (χ2v) is 6.57. The molecule has 0 fully saturated rings. The lowest BCUT2D eigenvalue weighted by Gasteiger charge is -2.15. The van der Waals surface area contributed by atoms with Gasteiger partial charge in [0.25, 0.3) is 5.91 Å². The smallest absolute Gasteiger partial charge is 0.265 e. The number of hydrogen-bond donors (Lipinski definition) is 1. The number of hydrogen-bond acceptors (Lipinski definition) is 3. The Balaban J connectivity index is 1.62. The summed E-state index contributed by atoms with van der Waals surface area (Å²) in [5, 5.41) is 2.60. The van der Waals surface area contributed by atoms with Crippen LogP contribution >= 0.6 is 0 Å². The first-order valence-electron chi connectivity index (χ1n) is 8.97. The first-order valence-corrected chi connectivity index (χ1v) is 8.97. The summed E-state index contributed by atoms with van der Waals surface area (Å²) in [5.74, 6) is -1.09. The van der Waals surface area contributed by atoms with Crippen LogP contribution in [0.3, 0.4) is 0 Å². The van der Waals surface area contributed by atoms with Gasteiger partial charge in [-0.2, -0.15) is 0 Å². The Hall–Kier alpha value is -3.54. The third kappa shape index (κ3) is 5.04. The van der Waals surface area contributed by atoms with Crippen LogP contribution in [-0.2, 0) is 4.79 Å². The molecule has 0 heterocycles. The second kappa shape index (κ2) is 8.65. The minimum atomic E-state index is -0.835. The van der Waals surface area contributed by atoms with Crippen LogP contribution in [0.1, 0.15) is 28.4 Å². The molecule has 148 valence electrons. The molecule has 0 radical (unpaired) electrons. The maximum atomic E-state index is 13.6. The molecule has 3 rings (SSSR count). The van der Waals surface area contributed by atoms with E-state index in [4.69, 9.17) is 4.74 Å². The summed E-state index contributed by atoms with van der Waals surface area (Å²) >= 11 is 0. The topological polar surface area (TPSA) is 55.4 Å². The zero-order valence-corrected chi connectivity index (χ0v) is 15.9. The molecule has 0 aliphatic carbocycles. The van der Waals surface area contributed by atoms with Crippen molar-refractivity contribution < 1.29 is 23.1 Å². The molecule has 3 aromatic rings. The Kier molecular flexibility index (Phi) is 6.02. The number of rotatable bonds is 6. The molecule has 6 heteroatoms. The minimum Gasteiger partial charge on any atom is -0.481 e. The van der Waals surface area contributed by atoms with E-state index in [1.165, 1.54) is 30.3 Å². The monoisotopic (exact) mass is 395 g/mol. The maximum absolute atomic E-state index is 13.6. The lowest BCUT2D eigenvalue weighted by atomic mass is 10.0. The van der Waals surface area contributed by atoms with E-state index >= 15 is 0 Å². The quantitative estimate of drug-likeness (QED) is 0.604. The van der Waals surface area contributed by atoms with Gasteiger partial charge in [0.2, 0.25) is 0 Å². The molecule has 1 amide bonds. The number of ether oxygens (including phenoxy) is 1. The van der Waals surface area contributed by atoms with E-state index in [9.17, 15) is 18.4 Å². The molecule has 0 saturated carbocycles. The molecule has 0 spiro atoms. The van der Waals surface area contributed by atoms with Gasteiger partial charge in [0.15, 0.2) is 11.9 Å². The summed E-state index contributed by atoms with van der Waals surface area (Å²) in [4.78, 5) is 24.7. The van der Waals surface area contributed by atoms with Crippen LogP contribution < -0.4 is 10.1 Å². The number of ketones is 1. The Morgan fingerprint density at radius 2 is 1.48 bits per heavy atom. The van der Waals surface area contributed by atoms with Crippen molar-refractivity contribution in [2.75, 3.05) is 5.32 Å². The third-order valence-corrected chi connectivity index (χ3v) is 4.34. The van der Waals surface area contributed by atoms with Crippen LogP contribution in [0.5, 0.6) is 5.75 Å². The largest absolute Gasteiger partial charge is 0.481 e.